The Hall–Kier alpha value is -3.80. The van der Waals surface area contributed by atoms with E-state index in [1.165, 1.54) is 12.1 Å². The number of carbonyl (C=O) groups is 1. The van der Waals surface area contributed by atoms with Crippen molar-refractivity contribution < 1.29 is 22.7 Å². The van der Waals surface area contributed by atoms with Crippen molar-refractivity contribution in [1.29, 1.82) is 5.26 Å². The van der Waals surface area contributed by atoms with Crippen LogP contribution in [0.4, 0.5) is 18.9 Å². The Morgan fingerprint density at radius 3 is 2.36 bits per heavy atom. The molecule has 1 N–H and O–H groups in total. The molecule has 1 amide bonds. The molecule has 28 heavy (non-hydrogen) atoms. The van der Waals surface area contributed by atoms with Gasteiger partial charge in [-0.25, -0.2) is 4.68 Å². The first-order valence-corrected chi connectivity index (χ1v) is 7.99. The van der Waals surface area contributed by atoms with Crippen LogP contribution in [-0.2, 0) is 0 Å². The second-order valence-electron chi connectivity index (χ2n) is 5.76. The third kappa shape index (κ3) is 4.48. The minimum absolute atomic E-state index is 0.167. The summed E-state index contributed by atoms with van der Waals surface area (Å²) in [5, 5.41) is 15.8. The summed E-state index contributed by atoms with van der Waals surface area (Å²) in [6.45, 7) is 1.70. The SMILES string of the molecule is Cc1nn(-c2ccc(C#N)cc2)cc1NC(=O)c1ccc(OC(F)(F)F)cc1. The second-order valence-corrected chi connectivity index (χ2v) is 5.76. The molecule has 0 saturated carbocycles. The van der Waals surface area contributed by atoms with Crippen molar-refractivity contribution in [2.75, 3.05) is 5.32 Å². The summed E-state index contributed by atoms with van der Waals surface area (Å²) in [6.07, 6.45) is -3.18. The maximum atomic E-state index is 12.3. The molecule has 0 aliphatic heterocycles. The van der Waals surface area contributed by atoms with Crippen LogP contribution >= 0.6 is 0 Å². The highest BCUT2D eigenvalue weighted by Gasteiger charge is 2.31. The molecule has 0 radical (unpaired) electrons. The van der Waals surface area contributed by atoms with Gasteiger partial charge in [0.25, 0.3) is 5.91 Å². The quantitative estimate of drug-likeness (QED) is 0.729. The summed E-state index contributed by atoms with van der Waals surface area (Å²) in [5.41, 5.74) is 2.38. The van der Waals surface area contributed by atoms with E-state index in [2.05, 4.69) is 15.2 Å². The normalized spacial score (nSPS) is 11.0. The average molecular weight is 386 g/mol. The minimum atomic E-state index is -4.79. The van der Waals surface area contributed by atoms with E-state index < -0.39 is 18.0 Å². The van der Waals surface area contributed by atoms with Crippen LogP contribution in [0, 0.1) is 18.3 Å². The van der Waals surface area contributed by atoms with Crippen LogP contribution in [0.15, 0.2) is 54.7 Å². The van der Waals surface area contributed by atoms with Gasteiger partial charge in [-0.15, -0.1) is 13.2 Å². The third-order valence-corrected chi connectivity index (χ3v) is 3.76. The Morgan fingerprint density at radius 2 is 1.79 bits per heavy atom. The molecule has 3 rings (SSSR count). The highest BCUT2D eigenvalue weighted by atomic mass is 19.4. The molecule has 0 bridgehead atoms. The van der Waals surface area contributed by atoms with Crippen molar-refractivity contribution >= 4 is 11.6 Å². The molecule has 142 valence electrons. The van der Waals surface area contributed by atoms with Gasteiger partial charge in [-0.3, -0.25) is 4.79 Å². The number of amides is 1. The highest BCUT2D eigenvalue weighted by molar-refractivity contribution is 6.04. The van der Waals surface area contributed by atoms with Crippen LogP contribution in [-0.4, -0.2) is 22.1 Å². The fourth-order valence-electron chi connectivity index (χ4n) is 2.41. The second kappa shape index (κ2) is 7.44. The van der Waals surface area contributed by atoms with Crippen LogP contribution in [0.1, 0.15) is 21.6 Å². The zero-order valence-electron chi connectivity index (χ0n) is 14.5. The predicted octanol–water partition coefficient (Wildman–Crippen LogP) is 4.20. The third-order valence-electron chi connectivity index (χ3n) is 3.76. The first-order chi connectivity index (χ1) is 13.2. The molecule has 0 saturated heterocycles. The number of alkyl halides is 3. The lowest BCUT2D eigenvalue weighted by atomic mass is 10.2. The highest BCUT2D eigenvalue weighted by Crippen LogP contribution is 2.23. The fraction of sp³-hybridized carbons (Fsp3) is 0.105. The van der Waals surface area contributed by atoms with Crippen LogP contribution < -0.4 is 10.1 Å². The molecule has 3 aromatic rings. The fourth-order valence-corrected chi connectivity index (χ4v) is 2.41. The molecule has 0 spiro atoms. The van der Waals surface area contributed by atoms with Gasteiger partial charge in [0.15, 0.2) is 0 Å². The summed E-state index contributed by atoms with van der Waals surface area (Å²) in [6, 6.07) is 13.4. The van der Waals surface area contributed by atoms with E-state index in [0.29, 0.717) is 22.6 Å². The summed E-state index contributed by atoms with van der Waals surface area (Å²) in [4.78, 5) is 12.3. The smallest absolute Gasteiger partial charge is 0.406 e. The molecule has 6 nitrogen and oxygen atoms in total. The van der Waals surface area contributed by atoms with Crippen molar-refractivity contribution in [2.24, 2.45) is 0 Å². The summed E-state index contributed by atoms with van der Waals surface area (Å²) >= 11 is 0. The first kappa shape index (κ1) is 19.0. The number of aromatic nitrogens is 2. The lowest BCUT2D eigenvalue weighted by Gasteiger charge is -2.09. The minimum Gasteiger partial charge on any atom is -0.406 e. The van der Waals surface area contributed by atoms with Crippen LogP contribution in [0.2, 0.25) is 0 Å². The maximum absolute atomic E-state index is 12.3. The van der Waals surface area contributed by atoms with E-state index in [4.69, 9.17) is 5.26 Å². The summed E-state index contributed by atoms with van der Waals surface area (Å²) < 4.78 is 41.9. The Bertz CT molecular complexity index is 1030. The average Bonchev–Trinajstić information content (AvgIpc) is 3.01. The molecule has 1 heterocycles. The van der Waals surface area contributed by atoms with Gasteiger partial charge in [-0.1, -0.05) is 0 Å². The van der Waals surface area contributed by atoms with Crippen molar-refractivity contribution in [2.45, 2.75) is 13.3 Å². The molecule has 9 heteroatoms. The van der Waals surface area contributed by atoms with Gasteiger partial charge in [0.2, 0.25) is 0 Å². The number of ether oxygens (including phenoxy) is 1. The van der Waals surface area contributed by atoms with E-state index in [-0.39, 0.29) is 5.56 Å². The number of nitrogens with one attached hydrogen (secondary N) is 1. The first-order valence-electron chi connectivity index (χ1n) is 7.99. The Kier molecular flexibility index (Phi) is 5.04. The molecule has 2 aromatic carbocycles. The zero-order chi connectivity index (χ0) is 20.3. The van der Waals surface area contributed by atoms with E-state index in [0.717, 1.165) is 12.1 Å². The van der Waals surface area contributed by atoms with Gasteiger partial charge in [0.1, 0.15) is 5.75 Å². The number of hydrogen-bond donors (Lipinski definition) is 1. The summed E-state index contributed by atoms with van der Waals surface area (Å²) in [7, 11) is 0. The zero-order valence-corrected chi connectivity index (χ0v) is 14.5. The summed E-state index contributed by atoms with van der Waals surface area (Å²) in [5.74, 6) is -0.907. The van der Waals surface area contributed by atoms with Gasteiger partial charge in [0, 0.05) is 5.56 Å². The molecule has 0 aliphatic carbocycles. The van der Waals surface area contributed by atoms with Crippen molar-refractivity contribution in [3.8, 4) is 17.5 Å². The van der Waals surface area contributed by atoms with Crippen LogP contribution in [0.25, 0.3) is 5.69 Å². The van der Waals surface area contributed by atoms with Gasteiger partial charge in [0.05, 0.1) is 34.9 Å². The van der Waals surface area contributed by atoms with Gasteiger partial charge >= 0.3 is 6.36 Å². The number of aryl methyl sites for hydroxylation is 1. The topological polar surface area (TPSA) is 79.9 Å². The number of hydrogen-bond acceptors (Lipinski definition) is 4. The van der Waals surface area contributed by atoms with Gasteiger partial charge in [-0.05, 0) is 55.5 Å². The van der Waals surface area contributed by atoms with E-state index in [9.17, 15) is 18.0 Å². The number of benzene rings is 2. The van der Waals surface area contributed by atoms with E-state index in [1.807, 2.05) is 6.07 Å². The van der Waals surface area contributed by atoms with Crippen molar-refractivity contribution in [3.05, 3.63) is 71.5 Å². The number of nitriles is 1. The molecule has 0 fully saturated rings. The lowest BCUT2D eigenvalue weighted by Crippen LogP contribution is -2.17. The van der Waals surface area contributed by atoms with Gasteiger partial charge < -0.3 is 10.1 Å². The van der Waals surface area contributed by atoms with Crippen molar-refractivity contribution in [1.82, 2.24) is 9.78 Å². The predicted molar refractivity (Wildman–Crippen MR) is 94.1 cm³/mol. The Labute approximate surface area is 157 Å². The number of nitrogens with zero attached hydrogens (tertiary/aromatic N) is 3. The lowest BCUT2D eigenvalue weighted by molar-refractivity contribution is -0.274. The monoisotopic (exact) mass is 386 g/mol. The molecule has 0 aliphatic rings. The molecular weight excluding hydrogens is 373 g/mol. The standard InChI is InChI=1S/C19H13F3N4O2/c1-12-17(11-26(25-12)15-6-2-13(10-23)3-7-15)24-18(27)14-4-8-16(9-5-14)28-19(20,21)22/h2-9,11H,1H3,(H,24,27). The van der Waals surface area contributed by atoms with Crippen LogP contribution in [0.5, 0.6) is 5.75 Å². The number of anilines is 1. The molecular formula is C19H13F3N4O2. The Balaban J connectivity index is 1.73. The molecule has 0 unspecified atom stereocenters. The van der Waals surface area contributed by atoms with Gasteiger partial charge in [-0.2, -0.15) is 10.4 Å². The van der Waals surface area contributed by atoms with E-state index >= 15 is 0 Å². The molecule has 0 atom stereocenters. The number of rotatable bonds is 4. The number of carbonyl (C=O) groups excluding carboxylic acids is 1. The van der Waals surface area contributed by atoms with E-state index in [1.54, 1.807) is 42.1 Å². The van der Waals surface area contributed by atoms with Crippen LogP contribution in [0.3, 0.4) is 0 Å². The molecule has 1 aromatic heterocycles. The van der Waals surface area contributed by atoms with Crippen molar-refractivity contribution in [3.63, 3.8) is 0 Å². The maximum Gasteiger partial charge on any atom is 0.573 e. The number of halogens is 3. The largest absolute Gasteiger partial charge is 0.573 e. The Morgan fingerprint density at radius 1 is 1.14 bits per heavy atom.